The molecule has 92 valence electrons. The number of hydrogen-bond acceptors (Lipinski definition) is 4. The highest BCUT2D eigenvalue weighted by atomic mass is 16.5. The zero-order chi connectivity index (χ0) is 12.7. The standard InChI is InChI=1S/C13H17NO3/c1-10(14-9-12(15)16-2)13(17-3)11-7-5-4-6-8-11/h4-10,13H,1-3H3/t10-,13-/m1/s1. The van der Waals surface area contributed by atoms with Gasteiger partial charge in [-0.1, -0.05) is 30.3 Å². The Labute approximate surface area is 101 Å². The first-order valence-corrected chi connectivity index (χ1v) is 5.38. The third kappa shape index (κ3) is 4.00. The van der Waals surface area contributed by atoms with Gasteiger partial charge in [-0.3, -0.25) is 4.99 Å². The van der Waals surface area contributed by atoms with Crippen LogP contribution in [0.4, 0.5) is 0 Å². The summed E-state index contributed by atoms with van der Waals surface area (Å²) >= 11 is 0. The second-order valence-electron chi connectivity index (χ2n) is 3.61. The van der Waals surface area contributed by atoms with Gasteiger partial charge >= 0.3 is 5.97 Å². The van der Waals surface area contributed by atoms with E-state index in [0.29, 0.717) is 0 Å². The fraction of sp³-hybridized carbons (Fsp3) is 0.385. The fourth-order valence-electron chi connectivity index (χ4n) is 1.56. The van der Waals surface area contributed by atoms with Crippen LogP contribution in [-0.4, -0.2) is 32.4 Å². The molecule has 0 spiro atoms. The summed E-state index contributed by atoms with van der Waals surface area (Å²) in [6, 6.07) is 9.62. The molecule has 4 heteroatoms. The molecule has 0 radical (unpaired) electrons. The SMILES string of the molecule is COC(=O)C=N[C@H](C)[C@@H](OC)c1ccccc1. The van der Waals surface area contributed by atoms with Crippen LogP contribution in [0.3, 0.4) is 0 Å². The zero-order valence-corrected chi connectivity index (χ0v) is 10.3. The molecule has 1 aromatic rings. The first-order chi connectivity index (χ1) is 8.19. The lowest BCUT2D eigenvalue weighted by atomic mass is 10.0. The van der Waals surface area contributed by atoms with Crippen LogP contribution in [-0.2, 0) is 14.3 Å². The van der Waals surface area contributed by atoms with Crippen LogP contribution < -0.4 is 0 Å². The van der Waals surface area contributed by atoms with Gasteiger partial charge in [-0.25, -0.2) is 4.79 Å². The number of aliphatic imine (C=N–C) groups is 1. The molecule has 0 saturated carbocycles. The number of ether oxygens (including phenoxy) is 2. The van der Waals surface area contributed by atoms with Crippen molar-refractivity contribution in [3.8, 4) is 0 Å². The maximum absolute atomic E-state index is 11.0. The zero-order valence-electron chi connectivity index (χ0n) is 10.3. The van der Waals surface area contributed by atoms with Gasteiger partial charge in [0.2, 0.25) is 0 Å². The van der Waals surface area contributed by atoms with Crippen LogP contribution in [0.15, 0.2) is 35.3 Å². The lowest BCUT2D eigenvalue weighted by Gasteiger charge is -2.19. The topological polar surface area (TPSA) is 47.9 Å². The van der Waals surface area contributed by atoms with Crippen molar-refractivity contribution in [1.82, 2.24) is 0 Å². The first-order valence-electron chi connectivity index (χ1n) is 5.38. The van der Waals surface area contributed by atoms with Crippen LogP contribution in [0, 0.1) is 0 Å². The lowest BCUT2D eigenvalue weighted by molar-refractivity contribution is -0.132. The number of benzene rings is 1. The van der Waals surface area contributed by atoms with E-state index in [1.807, 2.05) is 37.3 Å². The van der Waals surface area contributed by atoms with Gasteiger partial charge < -0.3 is 9.47 Å². The Hall–Kier alpha value is -1.68. The van der Waals surface area contributed by atoms with E-state index in [4.69, 9.17) is 4.74 Å². The monoisotopic (exact) mass is 235 g/mol. The van der Waals surface area contributed by atoms with Crippen LogP contribution >= 0.6 is 0 Å². The number of nitrogens with zero attached hydrogens (tertiary/aromatic N) is 1. The van der Waals surface area contributed by atoms with E-state index in [9.17, 15) is 4.79 Å². The van der Waals surface area contributed by atoms with Crippen LogP contribution in [0.2, 0.25) is 0 Å². The van der Waals surface area contributed by atoms with Crippen molar-refractivity contribution in [2.24, 2.45) is 4.99 Å². The predicted octanol–water partition coefficient (Wildman–Crippen LogP) is 2.01. The van der Waals surface area contributed by atoms with Crippen LogP contribution in [0.5, 0.6) is 0 Å². The van der Waals surface area contributed by atoms with Gasteiger partial charge in [0, 0.05) is 7.11 Å². The molecule has 0 unspecified atom stereocenters. The Bertz CT molecular complexity index is 376. The van der Waals surface area contributed by atoms with E-state index in [0.717, 1.165) is 5.56 Å². The minimum Gasteiger partial charge on any atom is -0.465 e. The molecule has 0 bridgehead atoms. The van der Waals surface area contributed by atoms with Gasteiger partial charge in [0.1, 0.15) is 12.3 Å². The third-order valence-corrected chi connectivity index (χ3v) is 2.44. The molecule has 0 amide bonds. The number of hydrogen-bond donors (Lipinski definition) is 0. The summed E-state index contributed by atoms with van der Waals surface area (Å²) in [6.07, 6.45) is 1.01. The number of esters is 1. The highest BCUT2D eigenvalue weighted by molar-refractivity contribution is 6.23. The molecule has 17 heavy (non-hydrogen) atoms. The molecule has 4 nitrogen and oxygen atoms in total. The summed E-state index contributed by atoms with van der Waals surface area (Å²) in [5.74, 6) is -0.459. The molecule has 2 atom stereocenters. The van der Waals surface area contributed by atoms with Gasteiger partial charge in [-0.2, -0.15) is 0 Å². The van der Waals surface area contributed by atoms with E-state index in [1.54, 1.807) is 7.11 Å². The smallest absolute Gasteiger partial charge is 0.348 e. The average Bonchev–Trinajstić information content (AvgIpc) is 2.38. The lowest BCUT2D eigenvalue weighted by Crippen LogP contribution is -2.16. The largest absolute Gasteiger partial charge is 0.465 e. The molecular weight excluding hydrogens is 218 g/mol. The molecule has 0 aliphatic rings. The van der Waals surface area contributed by atoms with Crippen molar-refractivity contribution in [2.75, 3.05) is 14.2 Å². The maximum Gasteiger partial charge on any atom is 0.348 e. The summed E-state index contributed by atoms with van der Waals surface area (Å²) in [5, 5.41) is 0. The van der Waals surface area contributed by atoms with Crippen molar-refractivity contribution in [1.29, 1.82) is 0 Å². The number of carbonyl (C=O) groups is 1. The Morgan fingerprint density at radius 3 is 2.47 bits per heavy atom. The molecule has 0 saturated heterocycles. The molecule has 0 heterocycles. The van der Waals surface area contributed by atoms with Gasteiger partial charge in [0.25, 0.3) is 0 Å². The van der Waals surface area contributed by atoms with Gasteiger partial charge in [0.05, 0.1) is 13.2 Å². The molecule has 0 N–H and O–H groups in total. The molecule has 1 aromatic carbocycles. The van der Waals surface area contributed by atoms with Gasteiger partial charge in [-0.05, 0) is 12.5 Å². The minimum absolute atomic E-state index is 0.151. The summed E-state index contributed by atoms with van der Waals surface area (Å²) < 4.78 is 9.89. The minimum atomic E-state index is -0.459. The second kappa shape index (κ2) is 6.81. The number of methoxy groups -OCH3 is 2. The maximum atomic E-state index is 11.0. The van der Waals surface area contributed by atoms with E-state index in [1.165, 1.54) is 13.3 Å². The first kappa shape index (κ1) is 13.4. The normalized spacial score (nSPS) is 14.5. The quantitative estimate of drug-likeness (QED) is 0.579. The summed E-state index contributed by atoms with van der Waals surface area (Å²) in [4.78, 5) is 15.1. The summed E-state index contributed by atoms with van der Waals surface area (Å²) in [7, 11) is 2.95. The van der Waals surface area contributed by atoms with E-state index in [2.05, 4.69) is 9.73 Å². The van der Waals surface area contributed by atoms with E-state index < -0.39 is 5.97 Å². The second-order valence-corrected chi connectivity index (χ2v) is 3.61. The molecule has 0 aliphatic carbocycles. The number of carbonyl (C=O) groups excluding carboxylic acids is 1. The molecule has 0 aromatic heterocycles. The molecule has 0 aliphatic heterocycles. The van der Waals surface area contributed by atoms with Gasteiger partial charge in [-0.15, -0.1) is 0 Å². The fourth-order valence-corrected chi connectivity index (χ4v) is 1.56. The van der Waals surface area contributed by atoms with Crippen molar-refractivity contribution < 1.29 is 14.3 Å². The molecule has 0 fully saturated rings. The Kier molecular flexibility index (Phi) is 5.36. The Morgan fingerprint density at radius 1 is 1.29 bits per heavy atom. The van der Waals surface area contributed by atoms with Crippen molar-refractivity contribution in [2.45, 2.75) is 19.1 Å². The van der Waals surface area contributed by atoms with Crippen LogP contribution in [0.25, 0.3) is 0 Å². The Balaban J connectivity index is 2.75. The molecule has 1 rings (SSSR count). The predicted molar refractivity (Wildman–Crippen MR) is 66.2 cm³/mol. The van der Waals surface area contributed by atoms with Crippen LogP contribution in [0.1, 0.15) is 18.6 Å². The third-order valence-electron chi connectivity index (χ3n) is 2.44. The highest BCUT2D eigenvalue weighted by Gasteiger charge is 2.17. The number of rotatable bonds is 5. The van der Waals surface area contributed by atoms with Crippen molar-refractivity contribution >= 4 is 12.2 Å². The van der Waals surface area contributed by atoms with Crippen molar-refractivity contribution in [3.63, 3.8) is 0 Å². The van der Waals surface area contributed by atoms with Gasteiger partial charge in [0.15, 0.2) is 0 Å². The van der Waals surface area contributed by atoms with Crippen molar-refractivity contribution in [3.05, 3.63) is 35.9 Å². The molecular formula is C13H17NO3. The van der Waals surface area contributed by atoms with E-state index >= 15 is 0 Å². The summed E-state index contributed by atoms with van der Waals surface area (Å²) in [5.41, 5.74) is 1.03. The summed E-state index contributed by atoms with van der Waals surface area (Å²) in [6.45, 7) is 1.89. The average molecular weight is 235 g/mol. The van der Waals surface area contributed by atoms with E-state index in [-0.39, 0.29) is 12.1 Å². The highest BCUT2D eigenvalue weighted by Crippen LogP contribution is 2.22. The Morgan fingerprint density at radius 2 is 1.94 bits per heavy atom.